The topological polar surface area (TPSA) is 36.4 Å². The summed E-state index contributed by atoms with van der Waals surface area (Å²) in [4.78, 5) is 18.6. The number of benzene rings is 1. The molecule has 0 N–H and O–H groups in total. The number of halogens is 5. The SMILES string of the molecule is O=C1CN(c2ncc(C(F)(F)F)cc2F)CCN1Cc1ccc(F)cc1. The zero-order valence-electron chi connectivity index (χ0n) is 13.4. The van der Waals surface area contributed by atoms with Gasteiger partial charge in [0.25, 0.3) is 0 Å². The van der Waals surface area contributed by atoms with E-state index >= 15 is 0 Å². The molecule has 1 saturated heterocycles. The van der Waals surface area contributed by atoms with Gasteiger partial charge in [-0.1, -0.05) is 12.1 Å². The van der Waals surface area contributed by atoms with Gasteiger partial charge in [-0.05, 0) is 23.8 Å². The number of rotatable bonds is 3. The van der Waals surface area contributed by atoms with E-state index in [4.69, 9.17) is 0 Å². The Morgan fingerprint density at radius 2 is 1.77 bits per heavy atom. The van der Waals surface area contributed by atoms with Gasteiger partial charge in [0.05, 0.1) is 12.1 Å². The molecule has 0 unspecified atom stereocenters. The predicted molar refractivity (Wildman–Crippen MR) is 83.2 cm³/mol. The van der Waals surface area contributed by atoms with Crippen molar-refractivity contribution in [1.82, 2.24) is 9.88 Å². The van der Waals surface area contributed by atoms with Crippen LogP contribution >= 0.6 is 0 Å². The summed E-state index contributed by atoms with van der Waals surface area (Å²) in [6, 6.07) is 6.07. The first-order valence-corrected chi connectivity index (χ1v) is 7.74. The van der Waals surface area contributed by atoms with Crippen molar-refractivity contribution in [3.8, 4) is 0 Å². The Morgan fingerprint density at radius 1 is 1.08 bits per heavy atom. The molecule has 0 saturated carbocycles. The van der Waals surface area contributed by atoms with E-state index in [9.17, 15) is 26.7 Å². The summed E-state index contributed by atoms with van der Waals surface area (Å²) in [5.74, 6) is -2.11. The molecular formula is C17H14F5N3O. The van der Waals surface area contributed by atoms with E-state index < -0.39 is 17.6 Å². The molecule has 4 nitrogen and oxygen atoms in total. The van der Waals surface area contributed by atoms with Crippen LogP contribution in [0.15, 0.2) is 36.5 Å². The molecule has 138 valence electrons. The Hall–Kier alpha value is -2.71. The van der Waals surface area contributed by atoms with E-state index in [0.717, 1.165) is 5.56 Å². The molecule has 2 heterocycles. The van der Waals surface area contributed by atoms with Crippen LogP contribution in [0.4, 0.5) is 27.8 Å². The van der Waals surface area contributed by atoms with Gasteiger partial charge in [-0.25, -0.2) is 13.8 Å². The molecule has 1 fully saturated rings. The van der Waals surface area contributed by atoms with Gasteiger partial charge in [0.15, 0.2) is 11.6 Å². The first-order chi connectivity index (χ1) is 12.2. The number of nitrogens with zero attached hydrogens (tertiary/aromatic N) is 3. The van der Waals surface area contributed by atoms with Gasteiger partial charge in [-0.2, -0.15) is 13.2 Å². The first-order valence-electron chi connectivity index (χ1n) is 7.74. The summed E-state index contributed by atoms with van der Waals surface area (Å²) >= 11 is 0. The lowest BCUT2D eigenvalue weighted by Crippen LogP contribution is -2.50. The highest BCUT2D eigenvalue weighted by molar-refractivity contribution is 5.82. The van der Waals surface area contributed by atoms with Crippen LogP contribution in [0.5, 0.6) is 0 Å². The van der Waals surface area contributed by atoms with Crippen LogP contribution in [0.2, 0.25) is 0 Å². The standard InChI is InChI=1S/C17H14F5N3O/c18-13-3-1-11(2-4-13)9-24-5-6-25(10-15(24)26)16-14(19)7-12(8-23-16)17(20,21)22/h1-4,7-8H,5-6,9-10H2. The maximum Gasteiger partial charge on any atom is 0.417 e. The lowest BCUT2D eigenvalue weighted by Gasteiger charge is -2.35. The Labute approximate surface area is 145 Å². The Balaban J connectivity index is 1.68. The van der Waals surface area contributed by atoms with Gasteiger partial charge in [-0.15, -0.1) is 0 Å². The molecule has 1 amide bonds. The third-order valence-corrected chi connectivity index (χ3v) is 4.05. The quantitative estimate of drug-likeness (QED) is 0.778. The van der Waals surface area contributed by atoms with E-state index in [0.29, 0.717) is 12.3 Å². The van der Waals surface area contributed by atoms with Crippen molar-refractivity contribution in [1.29, 1.82) is 0 Å². The van der Waals surface area contributed by atoms with Crippen molar-refractivity contribution in [3.63, 3.8) is 0 Å². The number of carbonyl (C=O) groups excluding carboxylic acids is 1. The van der Waals surface area contributed by atoms with Crippen LogP contribution < -0.4 is 4.90 Å². The molecule has 0 spiro atoms. The van der Waals surface area contributed by atoms with Gasteiger partial charge in [-0.3, -0.25) is 4.79 Å². The summed E-state index contributed by atoms with van der Waals surface area (Å²) < 4.78 is 64.7. The van der Waals surface area contributed by atoms with Crippen molar-refractivity contribution in [2.45, 2.75) is 12.7 Å². The third-order valence-electron chi connectivity index (χ3n) is 4.05. The lowest BCUT2D eigenvalue weighted by atomic mass is 10.2. The minimum absolute atomic E-state index is 0.198. The van der Waals surface area contributed by atoms with Gasteiger partial charge >= 0.3 is 6.18 Å². The van der Waals surface area contributed by atoms with Crippen LogP contribution in [-0.2, 0) is 17.5 Å². The predicted octanol–water partition coefficient (Wildman–Crippen LogP) is 3.23. The van der Waals surface area contributed by atoms with Crippen LogP contribution in [0.25, 0.3) is 0 Å². The second-order valence-electron chi connectivity index (χ2n) is 5.89. The zero-order valence-corrected chi connectivity index (χ0v) is 13.4. The first kappa shape index (κ1) is 18.1. The van der Waals surface area contributed by atoms with E-state index in [2.05, 4.69) is 4.98 Å². The smallest absolute Gasteiger partial charge is 0.343 e. The normalized spacial score (nSPS) is 15.5. The fourth-order valence-electron chi connectivity index (χ4n) is 2.69. The van der Waals surface area contributed by atoms with Crippen molar-refractivity contribution in [3.05, 3.63) is 59.3 Å². The van der Waals surface area contributed by atoms with Crippen LogP contribution in [0, 0.1) is 11.6 Å². The fraction of sp³-hybridized carbons (Fsp3) is 0.294. The number of hydrogen-bond acceptors (Lipinski definition) is 3. The number of carbonyl (C=O) groups is 1. The molecule has 1 aromatic carbocycles. The number of amides is 1. The molecule has 1 aliphatic heterocycles. The number of alkyl halides is 3. The molecule has 0 aliphatic carbocycles. The molecule has 0 radical (unpaired) electrons. The highest BCUT2D eigenvalue weighted by atomic mass is 19.4. The molecule has 3 rings (SSSR count). The van der Waals surface area contributed by atoms with Crippen LogP contribution in [0.3, 0.4) is 0 Å². The summed E-state index contributed by atoms with van der Waals surface area (Å²) in [6.07, 6.45) is -4.14. The monoisotopic (exact) mass is 371 g/mol. The number of hydrogen-bond donors (Lipinski definition) is 0. The Bertz CT molecular complexity index is 807. The van der Waals surface area contributed by atoms with E-state index in [1.807, 2.05) is 0 Å². The largest absolute Gasteiger partial charge is 0.417 e. The second-order valence-corrected chi connectivity index (χ2v) is 5.89. The van der Waals surface area contributed by atoms with Crippen molar-refractivity contribution in [2.75, 3.05) is 24.5 Å². The molecule has 0 atom stereocenters. The molecule has 2 aromatic rings. The van der Waals surface area contributed by atoms with Crippen LogP contribution in [0.1, 0.15) is 11.1 Å². The molecule has 1 aliphatic rings. The Morgan fingerprint density at radius 3 is 2.35 bits per heavy atom. The molecule has 26 heavy (non-hydrogen) atoms. The fourth-order valence-corrected chi connectivity index (χ4v) is 2.69. The van der Waals surface area contributed by atoms with Crippen molar-refractivity contribution >= 4 is 11.7 Å². The van der Waals surface area contributed by atoms with Crippen molar-refractivity contribution in [2.24, 2.45) is 0 Å². The molecule has 1 aromatic heterocycles. The van der Waals surface area contributed by atoms with Gasteiger partial charge in [0.1, 0.15) is 5.82 Å². The zero-order chi connectivity index (χ0) is 18.9. The van der Waals surface area contributed by atoms with Crippen molar-refractivity contribution < 1.29 is 26.7 Å². The molecule has 0 bridgehead atoms. The average Bonchev–Trinajstić information content (AvgIpc) is 2.58. The van der Waals surface area contributed by atoms with E-state index in [1.54, 1.807) is 12.1 Å². The van der Waals surface area contributed by atoms with E-state index in [-0.39, 0.29) is 43.7 Å². The average molecular weight is 371 g/mol. The summed E-state index contributed by atoms with van der Waals surface area (Å²) in [7, 11) is 0. The minimum Gasteiger partial charge on any atom is -0.343 e. The molecular weight excluding hydrogens is 357 g/mol. The van der Waals surface area contributed by atoms with Gasteiger partial charge in [0.2, 0.25) is 5.91 Å². The number of piperazine rings is 1. The lowest BCUT2D eigenvalue weighted by molar-refractivity contribution is -0.138. The number of anilines is 1. The highest BCUT2D eigenvalue weighted by Crippen LogP contribution is 2.31. The van der Waals surface area contributed by atoms with Gasteiger partial charge in [0, 0.05) is 25.8 Å². The minimum atomic E-state index is -4.68. The maximum atomic E-state index is 14.0. The Kier molecular flexibility index (Phi) is 4.80. The molecule has 9 heteroatoms. The highest BCUT2D eigenvalue weighted by Gasteiger charge is 2.33. The number of pyridine rings is 1. The van der Waals surface area contributed by atoms with Crippen LogP contribution in [-0.4, -0.2) is 35.4 Å². The summed E-state index contributed by atoms with van der Waals surface area (Å²) in [5.41, 5.74) is -0.438. The second kappa shape index (κ2) is 6.89. The van der Waals surface area contributed by atoms with E-state index in [1.165, 1.54) is 21.9 Å². The summed E-state index contributed by atoms with van der Waals surface area (Å²) in [5, 5.41) is 0. The van der Waals surface area contributed by atoms with Gasteiger partial charge < -0.3 is 9.80 Å². The maximum absolute atomic E-state index is 14.0. The number of aromatic nitrogens is 1. The summed E-state index contributed by atoms with van der Waals surface area (Å²) in [6.45, 7) is 0.549. The third kappa shape index (κ3) is 3.92.